The molecule has 5 N–H and O–H groups in total. The maximum absolute atomic E-state index is 5.99. The van der Waals surface area contributed by atoms with Crippen LogP contribution in [0.5, 0.6) is 11.5 Å². The maximum Gasteiger partial charge on any atom is 0.218 e. The minimum Gasteiger partial charge on any atom is -0.497 e. The second kappa shape index (κ2) is 11.1. The lowest BCUT2D eigenvalue weighted by atomic mass is 10.2. The molecule has 0 radical (unpaired) electrons. The highest BCUT2D eigenvalue weighted by Gasteiger charge is 2.04. The van der Waals surface area contributed by atoms with Crippen LogP contribution < -0.4 is 26.3 Å². The summed E-state index contributed by atoms with van der Waals surface area (Å²) in [4.78, 5) is 8.16. The number of nitrogens with zero attached hydrogens (tertiary/aromatic N) is 2. The second-order valence-corrected chi connectivity index (χ2v) is 6.01. The topological polar surface area (TPSA) is 107 Å². The van der Waals surface area contributed by atoms with Gasteiger partial charge in [-0.25, -0.2) is 9.98 Å². The Morgan fingerprint density at radius 3 is 2.48 bits per heavy atom. The van der Waals surface area contributed by atoms with Crippen LogP contribution in [-0.2, 0) is 0 Å². The average Bonchev–Trinajstić information content (AvgIpc) is 2.68. The van der Waals surface area contributed by atoms with Gasteiger partial charge in [-0.2, -0.15) is 0 Å². The number of hydrogen-bond donors (Lipinski definition) is 3. The largest absolute Gasteiger partial charge is 0.497 e. The first-order valence-corrected chi connectivity index (χ1v) is 8.83. The smallest absolute Gasteiger partial charge is 0.218 e. The Bertz CT molecular complexity index is 748. The molecular formula is C19H24ClN5O2. The molecule has 2 rings (SSSR count). The minimum atomic E-state index is -0.583. The van der Waals surface area contributed by atoms with Crippen molar-refractivity contribution in [3.8, 4) is 11.5 Å². The van der Waals surface area contributed by atoms with Crippen molar-refractivity contribution in [2.45, 2.75) is 12.6 Å². The van der Waals surface area contributed by atoms with Crippen molar-refractivity contribution in [3.63, 3.8) is 0 Å². The quantitative estimate of drug-likeness (QED) is 0.347. The zero-order chi connectivity index (χ0) is 19.5. The van der Waals surface area contributed by atoms with Crippen molar-refractivity contribution in [1.82, 2.24) is 5.32 Å². The van der Waals surface area contributed by atoms with Gasteiger partial charge in [-0.1, -0.05) is 23.7 Å². The highest BCUT2D eigenvalue weighted by molar-refractivity contribution is 6.30. The lowest BCUT2D eigenvalue weighted by molar-refractivity contribution is 0.311. The lowest BCUT2D eigenvalue weighted by Crippen LogP contribution is -2.20. The predicted octanol–water partition coefficient (Wildman–Crippen LogP) is 2.71. The number of hydrogen-bond acceptors (Lipinski definition) is 4. The monoisotopic (exact) mass is 389 g/mol. The fraction of sp³-hybridized carbons (Fsp3) is 0.263. The Morgan fingerprint density at radius 1 is 1.15 bits per heavy atom. The molecule has 1 atom stereocenters. The number of aliphatic imine (C=N–C) groups is 2. The van der Waals surface area contributed by atoms with E-state index in [2.05, 4.69) is 15.3 Å². The van der Waals surface area contributed by atoms with Gasteiger partial charge in [-0.15, -0.1) is 0 Å². The van der Waals surface area contributed by atoms with Gasteiger partial charge in [0.1, 0.15) is 17.7 Å². The number of benzene rings is 2. The van der Waals surface area contributed by atoms with Crippen molar-refractivity contribution < 1.29 is 9.47 Å². The van der Waals surface area contributed by atoms with Gasteiger partial charge >= 0.3 is 0 Å². The Labute approximate surface area is 164 Å². The van der Waals surface area contributed by atoms with Crippen LogP contribution in [0.1, 0.15) is 18.2 Å². The Balaban J connectivity index is 1.66. The van der Waals surface area contributed by atoms with Gasteiger partial charge in [0.2, 0.25) is 5.96 Å². The molecule has 0 aliphatic carbocycles. The molecule has 0 heterocycles. The summed E-state index contributed by atoms with van der Waals surface area (Å²) in [6.07, 6.45) is 1.72. The van der Waals surface area contributed by atoms with Gasteiger partial charge in [-0.05, 0) is 48.4 Å². The third-order valence-electron chi connectivity index (χ3n) is 3.56. The van der Waals surface area contributed by atoms with Crippen LogP contribution in [0.2, 0.25) is 5.02 Å². The standard InChI is InChI=1S/C19H24ClN5O2/c1-26-16-7-3-14(4-8-16)18(21)25-19(22)24-13-23-11-2-12-27-17-9-5-15(20)6-10-17/h3-10,13,18H,2,11-12,21H2,1H3,(H3,22,23,24,25). The van der Waals surface area contributed by atoms with E-state index in [1.54, 1.807) is 19.2 Å². The van der Waals surface area contributed by atoms with Crippen molar-refractivity contribution >= 4 is 23.9 Å². The molecule has 0 bridgehead atoms. The first-order valence-electron chi connectivity index (χ1n) is 8.45. The van der Waals surface area contributed by atoms with Crippen LogP contribution >= 0.6 is 11.6 Å². The van der Waals surface area contributed by atoms with E-state index < -0.39 is 6.17 Å². The molecule has 27 heavy (non-hydrogen) atoms. The molecule has 0 aliphatic rings. The van der Waals surface area contributed by atoms with Crippen molar-refractivity contribution in [2.24, 2.45) is 21.5 Å². The fourth-order valence-corrected chi connectivity index (χ4v) is 2.25. The van der Waals surface area contributed by atoms with Crippen LogP contribution in [-0.4, -0.2) is 32.6 Å². The molecule has 0 spiro atoms. The van der Waals surface area contributed by atoms with Gasteiger partial charge in [-0.3, -0.25) is 0 Å². The summed E-state index contributed by atoms with van der Waals surface area (Å²) in [5.74, 6) is 1.64. The van der Waals surface area contributed by atoms with E-state index in [4.69, 9.17) is 32.5 Å². The van der Waals surface area contributed by atoms with E-state index in [1.807, 2.05) is 36.4 Å². The second-order valence-electron chi connectivity index (χ2n) is 5.57. The number of nitrogens with two attached hydrogens (primary N) is 2. The zero-order valence-electron chi connectivity index (χ0n) is 15.1. The van der Waals surface area contributed by atoms with Crippen molar-refractivity contribution in [2.75, 3.05) is 20.3 Å². The van der Waals surface area contributed by atoms with Crippen LogP contribution in [0.3, 0.4) is 0 Å². The number of nitrogens with one attached hydrogen (secondary N) is 1. The highest BCUT2D eigenvalue weighted by Crippen LogP contribution is 2.17. The van der Waals surface area contributed by atoms with E-state index in [0.29, 0.717) is 18.2 Å². The minimum absolute atomic E-state index is 0.100. The van der Waals surface area contributed by atoms with E-state index in [9.17, 15) is 0 Å². The summed E-state index contributed by atoms with van der Waals surface area (Å²) in [6, 6.07) is 14.6. The molecule has 1 unspecified atom stereocenters. The number of guanidine groups is 1. The first kappa shape index (κ1) is 20.5. The van der Waals surface area contributed by atoms with Gasteiger partial charge in [0.05, 0.1) is 20.1 Å². The molecule has 144 valence electrons. The normalized spacial score (nSPS) is 12.8. The number of methoxy groups -OCH3 is 1. The van der Waals surface area contributed by atoms with Gasteiger partial charge in [0.25, 0.3) is 0 Å². The van der Waals surface area contributed by atoms with Crippen LogP contribution in [0.25, 0.3) is 0 Å². The summed E-state index contributed by atoms with van der Waals surface area (Å²) in [6.45, 7) is 1.27. The van der Waals surface area contributed by atoms with E-state index in [0.717, 1.165) is 23.5 Å². The van der Waals surface area contributed by atoms with E-state index in [1.165, 1.54) is 6.34 Å². The molecule has 0 aliphatic heterocycles. The highest BCUT2D eigenvalue weighted by atomic mass is 35.5. The fourth-order valence-electron chi connectivity index (χ4n) is 2.12. The molecule has 0 amide bonds. The van der Waals surface area contributed by atoms with Crippen LogP contribution in [0, 0.1) is 0 Å². The maximum atomic E-state index is 5.99. The number of ether oxygens (including phenoxy) is 2. The summed E-state index contributed by atoms with van der Waals surface area (Å²) in [5, 5.41) is 3.72. The summed E-state index contributed by atoms with van der Waals surface area (Å²) >= 11 is 5.82. The number of halogens is 1. The van der Waals surface area contributed by atoms with E-state index >= 15 is 0 Å². The summed E-state index contributed by atoms with van der Waals surface area (Å²) < 4.78 is 10.7. The molecule has 2 aromatic carbocycles. The van der Waals surface area contributed by atoms with Gasteiger partial charge < -0.3 is 26.3 Å². The summed E-state index contributed by atoms with van der Waals surface area (Å²) in [7, 11) is 1.61. The molecule has 0 fully saturated rings. The number of rotatable bonds is 9. The third kappa shape index (κ3) is 7.55. The summed E-state index contributed by atoms with van der Waals surface area (Å²) in [5.41, 5.74) is 12.6. The Morgan fingerprint density at radius 2 is 1.81 bits per heavy atom. The van der Waals surface area contributed by atoms with Crippen molar-refractivity contribution in [3.05, 3.63) is 59.1 Å². The lowest BCUT2D eigenvalue weighted by Gasteiger charge is -2.08. The molecular weight excluding hydrogens is 366 g/mol. The molecule has 7 nitrogen and oxygen atoms in total. The average molecular weight is 390 g/mol. The van der Waals surface area contributed by atoms with Crippen molar-refractivity contribution in [1.29, 1.82) is 0 Å². The molecule has 0 saturated heterocycles. The predicted molar refractivity (Wildman–Crippen MR) is 110 cm³/mol. The molecule has 8 heteroatoms. The van der Waals surface area contributed by atoms with Crippen LogP contribution in [0.4, 0.5) is 0 Å². The van der Waals surface area contributed by atoms with Crippen LogP contribution in [0.15, 0.2) is 58.5 Å². The molecule has 2 aromatic rings. The first-order chi connectivity index (χ1) is 13.1. The Kier molecular flexibility index (Phi) is 8.41. The zero-order valence-corrected chi connectivity index (χ0v) is 15.9. The van der Waals surface area contributed by atoms with Gasteiger partial charge in [0, 0.05) is 11.6 Å². The molecule has 0 aromatic heterocycles. The Hall–Kier alpha value is -2.77. The molecule has 0 saturated carbocycles. The SMILES string of the molecule is COc1ccc(C(N)/N=C(N)\N=C/NCCCOc2ccc(Cl)cc2)cc1. The third-order valence-corrected chi connectivity index (χ3v) is 3.82. The van der Waals surface area contributed by atoms with E-state index in [-0.39, 0.29) is 5.96 Å². The van der Waals surface area contributed by atoms with Gasteiger partial charge in [0.15, 0.2) is 0 Å².